The lowest BCUT2D eigenvalue weighted by Gasteiger charge is -2.10. The molecule has 0 saturated carbocycles. The van der Waals surface area contributed by atoms with Gasteiger partial charge in [0.1, 0.15) is 11.6 Å². The maximum atomic E-state index is 11.4. The average Bonchev–Trinajstić information content (AvgIpc) is 2.44. The van der Waals surface area contributed by atoms with Gasteiger partial charge in [0.05, 0.1) is 21.3 Å². The normalized spacial score (nSPS) is 10.6. The SMILES string of the molecule is COC(=O)C(C#N)=Cc1cc(OC)c(OC)cc1Br. The van der Waals surface area contributed by atoms with E-state index in [-0.39, 0.29) is 5.57 Å². The third-order valence-corrected chi connectivity index (χ3v) is 3.02. The zero-order chi connectivity index (χ0) is 14.4. The quantitative estimate of drug-likeness (QED) is 0.483. The lowest BCUT2D eigenvalue weighted by molar-refractivity contribution is -0.135. The summed E-state index contributed by atoms with van der Waals surface area (Å²) in [4.78, 5) is 11.4. The standard InChI is InChI=1S/C13H12BrNO4/c1-17-11-5-8(10(14)6-12(11)18-2)4-9(7-15)13(16)19-3/h4-6H,1-3H3. The number of hydrogen-bond donors (Lipinski definition) is 0. The summed E-state index contributed by atoms with van der Waals surface area (Å²) in [7, 11) is 4.25. The predicted molar refractivity (Wildman–Crippen MR) is 72.9 cm³/mol. The summed E-state index contributed by atoms with van der Waals surface area (Å²) in [6, 6.07) is 5.14. The van der Waals surface area contributed by atoms with E-state index >= 15 is 0 Å². The first-order valence-electron chi connectivity index (χ1n) is 5.19. The van der Waals surface area contributed by atoms with Crippen molar-refractivity contribution in [3.8, 4) is 17.6 Å². The van der Waals surface area contributed by atoms with Gasteiger partial charge in [-0.3, -0.25) is 0 Å². The van der Waals surface area contributed by atoms with Gasteiger partial charge in [0.25, 0.3) is 0 Å². The highest BCUT2D eigenvalue weighted by molar-refractivity contribution is 9.10. The summed E-state index contributed by atoms with van der Waals surface area (Å²) in [6.07, 6.45) is 1.41. The molecule has 0 radical (unpaired) electrons. The minimum Gasteiger partial charge on any atom is -0.493 e. The molecule has 1 aromatic carbocycles. The molecule has 0 atom stereocenters. The molecule has 0 heterocycles. The molecule has 0 spiro atoms. The number of halogens is 1. The van der Waals surface area contributed by atoms with Crippen LogP contribution in [0.2, 0.25) is 0 Å². The van der Waals surface area contributed by atoms with Crippen molar-refractivity contribution in [2.75, 3.05) is 21.3 Å². The van der Waals surface area contributed by atoms with Gasteiger partial charge >= 0.3 is 5.97 Å². The highest BCUT2D eigenvalue weighted by Crippen LogP contribution is 2.34. The molecule has 0 amide bonds. The first-order valence-corrected chi connectivity index (χ1v) is 5.98. The van der Waals surface area contributed by atoms with Crippen LogP contribution in [0.1, 0.15) is 5.56 Å². The third kappa shape index (κ3) is 3.48. The monoisotopic (exact) mass is 325 g/mol. The number of carbonyl (C=O) groups is 1. The summed E-state index contributed by atoms with van der Waals surface area (Å²) in [6.45, 7) is 0. The van der Waals surface area contributed by atoms with E-state index in [1.54, 1.807) is 18.2 Å². The number of rotatable bonds is 4. The Hall–Kier alpha value is -2.00. The van der Waals surface area contributed by atoms with Gasteiger partial charge < -0.3 is 14.2 Å². The molecule has 0 aliphatic heterocycles. The molecule has 0 fully saturated rings. The zero-order valence-corrected chi connectivity index (χ0v) is 12.3. The Morgan fingerprint density at radius 1 is 1.26 bits per heavy atom. The number of ether oxygens (including phenoxy) is 3. The Balaban J connectivity index is 3.32. The van der Waals surface area contributed by atoms with Crippen molar-refractivity contribution in [3.05, 3.63) is 27.7 Å². The number of nitriles is 1. The van der Waals surface area contributed by atoms with Gasteiger partial charge in [0.15, 0.2) is 11.5 Å². The predicted octanol–water partition coefficient (Wildman–Crippen LogP) is 2.55. The first-order chi connectivity index (χ1) is 9.07. The molecule has 0 unspecified atom stereocenters. The van der Waals surface area contributed by atoms with Gasteiger partial charge in [-0.1, -0.05) is 15.9 Å². The van der Waals surface area contributed by atoms with Gasteiger partial charge in [0, 0.05) is 4.47 Å². The lowest BCUT2D eigenvalue weighted by atomic mass is 10.1. The topological polar surface area (TPSA) is 68.6 Å². The van der Waals surface area contributed by atoms with Crippen molar-refractivity contribution in [2.24, 2.45) is 0 Å². The Labute approximate surface area is 119 Å². The van der Waals surface area contributed by atoms with Gasteiger partial charge in [-0.15, -0.1) is 0 Å². The molecule has 1 rings (SSSR count). The van der Waals surface area contributed by atoms with Crippen molar-refractivity contribution in [1.29, 1.82) is 5.26 Å². The maximum absolute atomic E-state index is 11.4. The Bertz CT molecular complexity index is 560. The van der Waals surface area contributed by atoms with Crippen LogP contribution < -0.4 is 9.47 Å². The van der Waals surface area contributed by atoms with E-state index in [9.17, 15) is 4.79 Å². The van der Waals surface area contributed by atoms with Crippen molar-refractivity contribution in [1.82, 2.24) is 0 Å². The Kier molecular flexibility index (Phi) is 5.39. The van der Waals surface area contributed by atoms with Gasteiger partial charge in [-0.2, -0.15) is 5.26 Å². The van der Waals surface area contributed by atoms with E-state index in [2.05, 4.69) is 20.7 Å². The Morgan fingerprint density at radius 2 is 1.84 bits per heavy atom. The number of esters is 1. The fraction of sp³-hybridized carbons (Fsp3) is 0.231. The fourth-order valence-corrected chi connectivity index (χ4v) is 1.82. The largest absolute Gasteiger partial charge is 0.493 e. The highest BCUT2D eigenvalue weighted by Gasteiger charge is 2.12. The minimum absolute atomic E-state index is 0.101. The van der Waals surface area contributed by atoms with Gasteiger partial charge in [-0.05, 0) is 23.8 Å². The van der Waals surface area contributed by atoms with Gasteiger partial charge in [-0.25, -0.2) is 4.79 Å². The molecule has 0 aliphatic carbocycles. The number of benzene rings is 1. The van der Waals surface area contributed by atoms with E-state index in [4.69, 9.17) is 14.7 Å². The Morgan fingerprint density at radius 3 is 2.32 bits per heavy atom. The number of methoxy groups -OCH3 is 3. The van der Waals surface area contributed by atoms with Crippen LogP contribution in [0.3, 0.4) is 0 Å². The van der Waals surface area contributed by atoms with Crippen LogP contribution >= 0.6 is 15.9 Å². The van der Waals surface area contributed by atoms with Crippen molar-refractivity contribution in [2.45, 2.75) is 0 Å². The summed E-state index contributed by atoms with van der Waals surface area (Å²) in [5.41, 5.74) is 0.509. The second-order valence-corrected chi connectivity index (χ2v) is 4.24. The van der Waals surface area contributed by atoms with E-state index in [1.165, 1.54) is 27.4 Å². The van der Waals surface area contributed by atoms with Crippen LogP contribution in [0.5, 0.6) is 11.5 Å². The molecule has 100 valence electrons. The number of hydrogen-bond acceptors (Lipinski definition) is 5. The molecule has 6 heteroatoms. The van der Waals surface area contributed by atoms with Crippen LogP contribution in [0.4, 0.5) is 0 Å². The van der Waals surface area contributed by atoms with Crippen LogP contribution in [0, 0.1) is 11.3 Å². The van der Waals surface area contributed by atoms with Crippen molar-refractivity contribution < 1.29 is 19.0 Å². The molecular formula is C13H12BrNO4. The molecule has 0 N–H and O–H groups in total. The lowest BCUT2D eigenvalue weighted by Crippen LogP contribution is -2.02. The second-order valence-electron chi connectivity index (χ2n) is 3.39. The first kappa shape index (κ1) is 15.1. The van der Waals surface area contributed by atoms with E-state index in [0.29, 0.717) is 21.5 Å². The van der Waals surface area contributed by atoms with Gasteiger partial charge in [0.2, 0.25) is 0 Å². The second kappa shape index (κ2) is 6.81. The average molecular weight is 326 g/mol. The third-order valence-electron chi connectivity index (χ3n) is 2.33. The van der Waals surface area contributed by atoms with E-state index < -0.39 is 5.97 Å². The summed E-state index contributed by atoms with van der Waals surface area (Å²) in [5.74, 6) is 0.353. The summed E-state index contributed by atoms with van der Waals surface area (Å²) in [5, 5.41) is 8.92. The number of nitrogens with zero attached hydrogens (tertiary/aromatic N) is 1. The maximum Gasteiger partial charge on any atom is 0.348 e. The van der Waals surface area contributed by atoms with Crippen LogP contribution in [0.25, 0.3) is 6.08 Å². The fourth-order valence-electron chi connectivity index (χ4n) is 1.38. The molecule has 5 nitrogen and oxygen atoms in total. The van der Waals surface area contributed by atoms with Crippen LogP contribution in [0.15, 0.2) is 22.2 Å². The molecule has 0 bridgehead atoms. The molecule has 0 saturated heterocycles. The summed E-state index contributed by atoms with van der Waals surface area (Å²) >= 11 is 3.34. The van der Waals surface area contributed by atoms with Crippen LogP contribution in [-0.4, -0.2) is 27.3 Å². The molecular weight excluding hydrogens is 314 g/mol. The zero-order valence-electron chi connectivity index (χ0n) is 10.7. The molecule has 0 aromatic heterocycles. The molecule has 1 aromatic rings. The molecule has 0 aliphatic rings. The summed E-state index contributed by atoms with van der Waals surface area (Å²) < 4.78 is 15.5. The number of carbonyl (C=O) groups excluding carboxylic acids is 1. The van der Waals surface area contributed by atoms with E-state index in [1.807, 2.05) is 0 Å². The van der Waals surface area contributed by atoms with Crippen molar-refractivity contribution in [3.63, 3.8) is 0 Å². The highest BCUT2D eigenvalue weighted by atomic mass is 79.9. The molecule has 19 heavy (non-hydrogen) atoms. The minimum atomic E-state index is -0.691. The smallest absolute Gasteiger partial charge is 0.348 e. The van der Waals surface area contributed by atoms with E-state index in [0.717, 1.165) is 0 Å². The van der Waals surface area contributed by atoms with Crippen LogP contribution in [-0.2, 0) is 9.53 Å². The van der Waals surface area contributed by atoms with Crippen molar-refractivity contribution >= 4 is 28.0 Å².